The minimum absolute atomic E-state index is 0.217. The molecule has 1 aliphatic rings. The molecule has 1 rings (SSSR count). The Hall–Kier alpha value is -0.930. The average molecular weight is 602 g/mol. The first-order chi connectivity index (χ1) is 21.3. The van der Waals surface area contributed by atoms with Gasteiger partial charge < -0.3 is 5.11 Å². The topological polar surface area (TPSA) is 32.6 Å². The number of hydrogen-bond acceptors (Lipinski definition) is 2. The van der Waals surface area contributed by atoms with E-state index in [0.29, 0.717) is 0 Å². The van der Waals surface area contributed by atoms with Gasteiger partial charge in [0, 0.05) is 6.08 Å². The van der Waals surface area contributed by atoms with Crippen LogP contribution in [0, 0.1) is 0 Å². The normalized spacial score (nSPS) is 16.6. The van der Waals surface area contributed by atoms with Crippen LogP contribution in [0.3, 0.4) is 0 Å². The fourth-order valence-corrected chi connectivity index (χ4v) is 6.70. The molecular formula is C40H77N2O+. The molecule has 0 aromatic heterocycles. The summed E-state index contributed by atoms with van der Waals surface area (Å²) in [6.45, 7) is 6.63. The van der Waals surface area contributed by atoms with Crippen LogP contribution in [0.4, 0.5) is 0 Å². The summed E-state index contributed by atoms with van der Waals surface area (Å²) in [6.07, 6.45) is 50.6. The molecule has 0 saturated carbocycles. The molecule has 0 aliphatic carbocycles. The van der Waals surface area contributed by atoms with Crippen molar-refractivity contribution in [2.75, 3.05) is 19.7 Å². The number of amidine groups is 1. The van der Waals surface area contributed by atoms with E-state index in [1.54, 1.807) is 0 Å². The molecule has 0 saturated heterocycles. The Balaban J connectivity index is 2.03. The van der Waals surface area contributed by atoms with Gasteiger partial charge in [-0.1, -0.05) is 187 Å². The molecule has 0 spiro atoms. The molecule has 0 radical (unpaired) electrons. The first-order valence-corrected chi connectivity index (χ1v) is 19.7. The molecule has 0 amide bonds. The van der Waals surface area contributed by atoms with E-state index in [4.69, 9.17) is 4.99 Å². The standard InChI is InChI=1S/C40H77N2O/c1-3-5-7-9-11-13-15-17-19-21-23-25-27-29-31-33-36-42(38-39-43)37-35-41-40(42)34-32-30-28-26-24-22-20-18-16-14-12-10-8-6-4-2/h32,34-35,37,43H,3-31,33,36,38-39H2,1-2H3/q+1. The molecule has 1 aliphatic heterocycles. The molecule has 43 heavy (non-hydrogen) atoms. The average Bonchev–Trinajstić information content (AvgIpc) is 3.41. The largest absolute Gasteiger partial charge is 0.390 e. The van der Waals surface area contributed by atoms with Gasteiger partial charge >= 0.3 is 0 Å². The lowest BCUT2D eigenvalue weighted by molar-refractivity contribution is -0.786. The van der Waals surface area contributed by atoms with Crippen molar-refractivity contribution in [3.05, 3.63) is 24.6 Å². The highest BCUT2D eigenvalue weighted by atomic mass is 16.3. The second-order valence-electron chi connectivity index (χ2n) is 13.7. The molecular weight excluding hydrogens is 524 g/mol. The van der Waals surface area contributed by atoms with Gasteiger partial charge in [-0.2, -0.15) is 4.99 Å². The van der Waals surface area contributed by atoms with Crippen LogP contribution in [-0.2, 0) is 0 Å². The zero-order valence-corrected chi connectivity index (χ0v) is 29.5. The molecule has 0 bridgehead atoms. The zero-order valence-electron chi connectivity index (χ0n) is 29.5. The van der Waals surface area contributed by atoms with E-state index in [9.17, 15) is 5.11 Å². The molecule has 1 atom stereocenters. The van der Waals surface area contributed by atoms with Gasteiger partial charge in [-0.25, -0.2) is 4.48 Å². The second kappa shape index (κ2) is 31.1. The maximum absolute atomic E-state index is 9.82. The van der Waals surface area contributed by atoms with Gasteiger partial charge in [0.1, 0.15) is 12.7 Å². The van der Waals surface area contributed by atoms with Crippen LogP contribution in [0.15, 0.2) is 29.5 Å². The highest BCUT2D eigenvalue weighted by Crippen LogP contribution is 2.21. The number of hydrogen-bond donors (Lipinski definition) is 1. The maximum Gasteiger partial charge on any atom is 0.232 e. The Kier molecular flexibility index (Phi) is 29.0. The minimum Gasteiger partial charge on any atom is -0.390 e. The highest BCUT2D eigenvalue weighted by Gasteiger charge is 2.32. The van der Waals surface area contributed by atoms with Crippen LogP contribution in [0.1, 0.15) is 206 Å². The molecule has 0 fully saturated rings. The van der Waals surface area contributed by atoms with Gasteiger partial charge in [-0.15, -0.1) is 0 Å². The van der Waals surface area contributed by atoms with Crippen LogP contribution in [-0.4, -0.2) is 35.1 Å². The summed E-state index contributed by atoms with van der Waals surface area (Å²) in [6, 6.07) is 0. The third kappa shape index (κ3) is 23.1. The second-order valence-corrected chi connectivity index (χ2v) is 13.7. The van der Waals surface area contributed by atoms with E-state index in [1.165, 1.54) is 186 Å². The van der Waals surface area contributed by atoms with Crippen molar-refractivity contribution in [2.45, 2.75) is 206 Å². The number of unbranched alkanes of at least 4 members (excludes halogenated alkanes) is 28. The van der Waals surface area contributed by atoms with E-state index < -0.39 is 0 Å². The Bertz CT molecular complexity index is 669. The van der Waals surface area contributed by atoms with Crippen molar-refractivity contribution in [3.63, 3.8) is 0 Å². The van der Waals surface area contributed by atoms with Gasteiger partial charge in [0.05, 0.1) is 19.4 Å². The number of aliphatic hydroxyl groups excluding tert-OH is 1. The summed E-state index contributed by atoms with van der Waals surface area (Å²) in [4.78, 5) is 4.71. The fraction of sp³-hybridized carbons (Fsp3) is 0.875. The summed E-state index contributed by atoms with van der Waals surface area (Å²) in [5.41, 5.74) is 0. The Morgan fingerprint density at radius 1 is 0.512 bits per heavy atom. The molecule has 3 heteroatoms. The van der Waals surface area contributed by atoms with Crippen LogP contribution in [0.2, 0.25) is 0 Å². The fourth-order valence-electron chi connectivity index (χ4n) is 6.70. The molecule has 1 N–H and O–H groups in total. The SMILES string of the molecule is CCCCCCCCCCCCCCCC=CC1=NC=C[N+]1(CCO)CCCCCCCCCCCCCCCCCC. The van der Waals surface area contributed by atoms with Crippen LogP contribution >= 0.6 is 0 Å². The van der Waals surface area contributed by atoms with Crippen molar-refractivity contribution in [3.8, 4) is 0 Å². The Morgan fingerprint density at radius 2 is 0.884 bits per heavy atom. The highest BCUT2D eigenvalue weighted by molar-refractivity contribution is 5.89. The van der Waals surface area contributed by atoms with Crippen LogP contribution in [0.5, 0.6) is 0 Å². The summed E-state index contributed by atoms with van der Waals surface area (Å²) in [5, 5.41) is 9.82. The number of aliphatic imine (C=N–C) groups is 1. The molecule has 0 aromatic rings. The van der Waals surface area contributed by atoms with Gasteiger partial charge in [0.15, 0.2) is 0 Å². The summed E-state index contributed by atoms with van der Waals surface area (Å²) in [7, 11) is 0. The molecule has 252 valence electrons. The predicted molar refractivity (Wildman–Crippen MR) is 193 cm³/mol. The van der Waals surface area contributed by atoms with Crippen molar-refractivity contribution in [1.82, 2.24) is 0 Å². The van der Waals surface area contributed by atoms with E-state index in [-0.39, 0.29) is 6.61 Å². The van der Waals surface area contributed by atoms with Gasteiger partial charge in [-0.3, -0.25) is 0 Å². The van der Waals surface area contributed by atoms with Crippen LogP contribution in [0.25, 0.3) is 0 Å². The van der Waals surface area contributed by atoms with Crippen molar-refractivity contribution in [2.24, 2.45) is 4.99 Å². The van der Waals surface area contributed by atoms with Gasteiger partial charge in [0.25, 0.3) is 0 Å². The molecule has 0 aromatic carbocycles. The Morgan fingerprint density at radius 3 is 1.28 bits per heavy atom. The first kappa shape index (κ1) is 40.1. The zero-order chi connectivity index (χ0) is 30.9. The minimum atomic E-state index is 0.217. The third-order valence-electron chi connectivity index (χ3n) is 9.67. The van der Waals surface area contributed by atoms with Crippen LogP contribution < -0.4 is 0 Å². The number of quaternary nitrogens is 1. The maximum atomic E-state index is 9.82. The smallest absolute Gasteiger partial charge is 0.232 e. The molecule has 1 heterocycles. The quantitative estimate of drug-likeness (QED) is 0.0577. The summed E-state index contributed by atoms with van der Waals surface area (Å²) < 4.78 is 0.740. The van der Waals surface area contributed by atoms with Gasteiger partial charge in [-0.05, 0) is 25.7 Å². The number of aliphatic hydroxyl groups is 1. The predicted octanol–water partition coefficient (Wildman–Crippen LogP) is 13.0. The summed E-state index contributed by atoms with van der Waals surface area (Å²) in [5.74, 6) is 1.13. The number of allylic oxidation sites excluding steroid dienone is 1. The van der Waals surface area contributed by atoms with E-state index in [1.807, 2.05) is 6.20 Å². The van der Waals surface area contributed by atoms with Gasteiger partial charge in [0.2, 0.25) is 5.84 Å². The van der Waals surface area contributed by atoms with E-state index in [0.717, 1.165) is 29.8 Å². The Labute approximate surface area is 270 Å². The summed E-state index contributed by atoms with van der Waals surface area (Å²) >= 11 is 0. The van der Waals surface area contributed by atoms with Crippen molar-refractivity contribution >= 4 is 5.84 Å². The van der Waals surface area contributed by atoms with Crippen molar-refractivity contribution < 1.29 is 9.59 Å². The van der Waals surface area contributed by atoms with E-state index in [2.05, 4.69) is 32.2 Å². The molecule has 1 unspecified atom stereocenters. The number of nitrogens with zero attached hydrogens (tertiary/aromatic N) is 2. The molecule has 3 nitrogen and oxygen atoms in total. The lowest BCUT2D eigenvalue weighted by Crippen LogP contribution is -2.48. The van der Waals surface area contributed by atoms with E-state index >= 15 is 0 Å². The first-order valence-electron chi connectivity index (χ1n) is 19.7. The third-order valence-corrected chi connectivity index (χ3v) is 9.67. The monoisotopic (exact) mass is 602 g/mol. The van der Waals surface area contributed by atoms with Crippen molar-refractivity contribution in [1.29, 1.82) is 0 Å². The lowest BCUT2D eigenvalue weighted by atomic mass is 10.0. The lowest BCUT2D eigenvalue weighted by Gasteiger charge is -2.30. The number of rotatable bonds is 34.